The predicted molar refractivity (Wildman–Crippen MR) is 84.9 cm³/mol. The molecule has 1 aliphatic rings. The second-order valence-electron chi connectivity index (χ2n) is 5.15. The minimum Gasteiger partial charge on any atom is -0.457 e. The van der Waals surface area contributed by atoms with Crippen LogP contribution in [0, 0.1) is 0 Å². The van der Waals surface area contributed by atoms with Crippen molar-refractivity contribution < 1.29 is 13.2 Å². The molecule has 0 aliphatic carbocycles. The van der Waals surface area contributed by atoms with Crippen LogP contribution in [-0.4, -0.2) is 25.8 Å². The molecule has 1 saturated heterocycles. The summed E-state index contributed by atoms with van der Waals surface area (Å²) < 4.78 is 33.7. The lowest BCUT2D eigenvalue weighted by Gasteiger charge is -2.26. The van der Waals surface area contributed by atoms with Gasteiger partial charge in [0.05, 0.1) is 0 Å². The van der Waals surface area contributed by atoms with Crippen LogP contribution in [0.1, 0.15) is 12.0 Å². The Bertz CT molecular complexity index is 732. The number of benzene rings is 2. The van der Waals surface area contributed by atoms with Gasteiger partial charge in [0, 0.05) is 19.6 Å². The summed E-state index contributed by atoms with van der Waals surface area (Å²) in [6.45, 7) is 1.40. The van der Waals surface area contributed by atoms with E-state index < -0.39 is 10.2 Å². The summed E-state index contributed by atoms with van der Waals surface area (Å²) in [5, 5.41) is 0. The highest BCUT2D eigenvalue weighted by Crippen LogP contribution is 2.23. The fourth-order valence-electron chi connectivity index (χ4n) is 2.37. The van der Waals surface area contributed by atoms with Crippen molar-refractivity contribution in [3.8, 4) is 11.5 Å². The molecular weight excluding hydrogens is 300 g/mol. The van der Waals surface area contributed by atoms with Gasteiger partial charge < -0.3 is 4.74 Å². The van der Waals surface area contributed by atoms with E-state index in [0.29, 0.717) is 25.4 Å². The maximum absolute atomic E-state index is 11.9. The summed E-state index contributed by atoms with van der Waals surface area (Å²) in [6, 6.07) is 17.0. The summed E-state index contributed by atoms with van der Waals surface area (Å²) in [7, 11) is -3.35. The molecule has 2 aromatic rings. The molecule has 0 unspecified atom stereocenters. The zero-order valence-electron chi connectivity index (χ0n) is 12.1. The normalized spacial score (nSPS) is 18.0. The Morgan fingerprint density at radius 1 is 1.05 bits per heavy atom. The van der Waals surface area contributed by atoms with Crippen molar-refractivity contribution in [1.29, 1.82) is 0 Å². The number of hydrogen-bond acceptors (Lipinski definition) is 3. The molecule has 0 aromatic heterocycles. The average molecular weight is 318 g/mol. The molecule has 1 fully saturated rings. The average Bonchev–Trinajstić information content (AvgIpc) is 2.51. The largest absolute Gasteiger partial charge is 0.457 e. The standard InChI is InChI=1S/C16H18N2O3S/c19-22(20)17-10-5-11-18(22)13-14-6-4-9-16(12-14)21-15-7-2-1-3-8-15/h1-4,6-9,12,17H,5,10-11,13H2. The Balaban J connectivity index is 1.74. The van der Waals surface area contributed by atoms with Gasteiger partial charge in [-0.3, -0.25) is 0 Å². The lowest BCUT2D eigenvalue weighted by Crippen LogP contribution is -2.46. The van der Waals surface area contributed by atoms with Crippen LogP contribution >= 0.6 is 0 Å². The monoisotopic (exact) mass is 318 g/mol. The molecule has 0 radical (unpaired) electrons. The second-order valence-corrected chi connectivity index (χ2v) is 6.90. The summed E-state index contributed by atoms with van der Waals surface area (Å²) >= 11 is 0. The zero-order valence-corrected chi connectivity index (χ0v) is 12.9. The fourth-order valence-corrected chi connectivity index (χ4v) is 3.64. The molecule has 5 nitrogen and oxygen atoms in total. The number of nitrogens with zero attached hydrogens (tertiary/aromatic N) is 1. The third kappa shape index (κ3) is 3.65. The molecule has 0 spiro atoms. The quantitative estimate of drug-likeness (QED) is 0.942. The zero-order chi connectivity index (χ0) is 15.4. The lowest BCUT2D eigenvalue weighted by atomic mass is 10.2. The van der Waals surface area contributed by atoms with Crippen LogP contribution in [-0.2, 0) is 16.8 Å². The van der Waals surface area contributed by atoms with Crippen molar-refractivity contribution in [3.05, 3.63) is 60.2 Å². The number of ether oxygens (including phenoxy) is 1. The van der Waals surface area contributed by atoms with Crippen LogP contribution in [0.4, 0.5) is 0 Å². The molecule has 22 heavy (non-hydrogen) atoms. The smallest absolute Gasteiger partial charge is 0.279 e. The Labute approximate surface area is 130 Å². The Kier molecular flexibility index (Phi) is 4.42. The van der Waals surface area contributed by atoms with E-state index in [1.54, 1.807) is 0 Å². The number of rotatable bonds is 4. The van der Waals surface area contributed by atoms with E-state index >= 15 is 0 Å². The van der Waals surface area contributed by atoms with Crippen LogP contribution < -0.4 is 9.46 Å². The highest BCUT2D eigenvalue weighted by atomic mass is 32.2. The van der Waals surface area contributed by atoms with Gasteiger partial charge in [-0.2, -0.15) is 12.7 Å². The number of hydrogen-bond donors (Lipinski definition) is 1. The molecule has 0 atom stereocenters. The SMILES string of the molecule is O=S1(=O)NCCCN1Cc1cccc(Oc2ccccc2)c1. The molecule has 6 heteroatoms. The van der Waals surface area contributed by atoms with E-state index in [2.05, 4.69) is 4.72 Å². The van der Waals surface area contributed by atoms with E-state index in [0.717, 1.165) is 17.7 Å². The molecule has 0 bridgehead atoms. The van der Waals surface area contributed by atoms with Gasteiger partial charge in [-0.1, -0.05) is 30.3 Å². The summed E-state index contributed by atoms with van der Waals surface area (Å²) in [5.41, 5.74) is 0.903. The van der Waals surface area contributed by atoms with Crippen molar-refractivity contribution in [3.63, 3.8) is 0 Å². The van der Waals surface area contributed by atoms with Gasteiger partial charge in [0.25, 0.3) is 10.2 Å². The van der Waals surface area contributed by atoms with E-state index in [1.165, 1.54) is 4.31 Å². The maximum atomic E-state index is 11.9. The van der Waals surface area contributed by atoms with Crippen molar-refractivity contribution >= 4 is 10.2 Å². The van der Waals surface area contributed by atoms with E-state index in [9.17, 15) is 8.42 Å². The summed E-state index contributed by atoms with van der Waals surface area (Å²) in [4.78, 5) is 0. The van der Waals surface area contributed by atoms with Gasteiger partial charge in [-0.25, -0.2) is 4.72 Å². The minimum atomic E-state index is -3.35. The molecule has 1 heterocycles. The van der Waals surface area contributed by atoms with E-state index in [1.807, 2.05) is 54.6 Å². The third-order valence-electron chi connectivity index (χ3n) is 3.44. The Morgan fingerprint density at radius 2 is 1.82 bits per heavy atom. The minimum absolute atomic E-state index is 0.349. The molecule has 3 rings (SSSR count). The van der Waals surface area contributed by atoms with E-state index in [4.69, 9.17) is 4.74 Å². The highest BCUT2D eigenvalue weighted by molar-refractivity contribution is 7.87. The van der Waals surface area contributed by atoms with Gasteiger partial charge in [-0.15, -0.1) is 0 Å². The first-order chi connectivity index (χ1) is 10.6. The van der Waals surface area contributed by atoms with Crippen molar-refractivity contribution in [2.75, 3.05) is 13.1 Å². The molecule has 0 saturated carbocycles. The Morgan fingerprint density at radius 3 is 2.59 bits per heavy atom. The van der Waals surface area contributed by atoms with Gasteiger partial charge in [0.2, 0.25) is 0 Å². The summed E-state index contributed by atoms with van der Waals surface area (Å²) in [6.07, 6.45) is 0.819. The van der Waals surface area contributed by atoms with Crippen LogP contribution in [0.15, 0.2) is 54.6 Å². The molecule has 1 N–H and O–H groups in total. The predicted octanol–water partition coefficient (Wildman–Crippen LogP) is 2.52. The van der Waals surface area contributed by atoms with Crippen molar-refractivity contribution in [1.82, 2.24) is 9.03 Å². The van der Waals surface area contributed by atoms with Crippen LogP contribution in [0.3, 0.4) is 0 Å². The van der Waals surface area contributed by atoms with Gasteiger partial charge >= 0.3 is 0 Å². The first-order valence-electron chi connectivity index (χ1n) is 7.20. The maximum Gasteiger partial charge on any atom is 0.279 e. The Hall–Kier alpha value is -1.89. The number of para-hydroxylation sites is 1. The van der Waals surface area contributed by atoms with E-state index in [-0.39, 0.29) is 0 Å². The van der Waals surface area contributed by atoms with Crippen molar-refractivity contribution in [2.45, 2.75) is 13.0 Å². The molecule has 0 amide bonds. The topological polar surface area (TPSA) is 58.6 Å². The van der Waals surface area contributed by atoms with Crippen LogP contribution in [0.25, 0.3) is 0 Å². The molecular formula is C16H18N2O3S. The van der Waals surface area contributed by atoms with Gasteiger partial charge in [0.15, 0.2) is 0 Å². The molecule has 2 aromatic carbocycles. The highest BCUT2D eigenvalue weighted by Gasteiger charge is 2.25. The molecule has 116 valence electrons. The summed E-state index contributed by atoms with van der Waals surface area (Å²) in [5.74, 6) is 1.46. The van der Waals surface area contributed by atoms with Crippen LogP contribution in [0.2, 0.25) is 0 Å². The van der Waals surface area contributed by atoms with Crippen molar-refractivity contribution in [2.24, 2.45) is 0 Å². The lowest BCUT2D eigenvalue weighted by molar-refractivity contribution is 0.369. The van der Waals surface area contributed by atoms with Gasteiger partial charge in [0.1, 0.15) is 11.5 Å². The third-order valence-corrected chi connectivity index (χ3v) is 5.01. The fraction of sp³-hybridized carbons (Fsp3) is 0.250. The van der Waals surface area contributed by atoms with Gasteiger partial charge in [-0.05, 0) is 36.2 Å². The van der Waals surface area contributed by atoms with Crippen LogP contribution in [0.5, 0.6) is 11.5 Å². The second kappa shape index (κ2) is 6.48. The first kappa shape index (κ1) is 15.0. The number of nitrogens with one attached hydrogen (secondary N) is 1. The first-order valence-corrected chi connectivity index (χ1v) is 8.64. The molecule has 1 aliphatic heterocycles.